The second kappa shape index (κ2) is 3.21. The van der Waals surface area contributed by atoms with Gasteiger partial charge in [-0.25, -0.2) is 0 Å². The summed E-state index contributed by atoms with van der Waals surface area (Å²) in [6, 6.07) is 0. The van der Waals surface area contributed by atoms with Gasteiger partial charge in [0.2, 0.25) is 0 Å². The van der Waals surface area contributed by atoms with E-state index in [9.17, 15) is 5.11 Å². The molecular formula is C6H10ClN3O. The van der Waals surface area contributed by atoms with Gasteiger partial charge in [0.05, 0.1) is 16.9 Å². The minimum absolute atomic E-state index is 0.152. The van der Waals surface area contributed by atoms with E-state index in [2.05, 4.69) is 5.10 Å². The van der Waals surface area contributed by atoms with Gasteiger partial charge in [-0.3, -0.25) is 4.68 Å². The van der Waals surface area contributed by atoms with Crippen LogP contribution in [-0.2, 0) is 7.05 Å². The molecule has 1 aromatic heterocycles. The minimum Gasteiger partial charge on any atom is -0.385 e. The van der Waals surface area contributed by atoms with Crippen molar-refractivity contribution in [1.82, 2.24) is 9.78 Å². The zero-order valence-corrected chi connectivity index (χ0v) is 6.91. The molecular weight excluding hydrogens is 166 g/mol. The van der Waals surface area contributed by atoms with E-state index in [-0.39, 0.29) is 6.54 Å². The monoisotopic (exact) mass is 175 g/mol. The Kier molecular flexibility index (Phi) is 2.49. The lowest BCUT2D eigenvalue weighted by molar-refractivity contribution is 0.177. The van der Waals surface area contributed by atoms with Gasteiger partial charge < -0.3 is 10.8 Å². The molecule has 0 saturated heterocycles. The van der Waals surface area contributed by atoms with Gasteiger partial charge in [-0.05, 0) is 0 Å². The molecule has 0 radical (unpaired) electrons. The third-order valence-electron chi connectivity index (χ3n) is 1.48. The number of hydrogen-bond donors (Lipinski definition) is 2. The molecule has 0 aliphatic carbocycles. The first-order valence-corrected chi connectivity index (χ1v) is 3.60. The maximum atomic E-state index is 9.31. The van der Waals surface area contributed by atoms with Crippen molar-refractivity contribution < 1.29 is 5.11 Å². The van der Waals surface area contributed by atoms with E-state index in [0.717, 1.165) is 0 Å². The fourth-order valence-corrected chi connectivity index (χ4v) is 1.20. The SMILES string of the molecule is Cn1ncc(Cl)c1C(O)CN. The van der Waals surface area contributed by atoms with E-state index in [1.165, 1.54) is 10.9 Å². The molecule has 1 aromatic rings. The summed E-state index contributed by atoms with van der Waals surface area (Å²) in [5.74, 6) is 0. The number of nitrogens with two attached hydrogens (primary N) is 1. The van der Waals surface area contributed by atoms with Gasteiger partial charge in [0, 0.05) is 13.6 Å². The molecule has 11 heavy (non-hydrogen) atoms. The van der Waals surface area contributed by atoms with Crippen molar-refractivity contribution >= 4 is 11.6 Å². The topological polar surface area (TPSA) is 64.1 Å². The van der Waals surface area contributed by atoms with E-state index in [4.69, 9.17) is 17.3 Å². The number of halogens is 1. The fourth-order valence-electron chi connectivity index (χ4n) is 0.907. The third kappa shape index (κ3) is 1.53. The van der Waals surface area contributed by atoms with Crippen LogP contribution in [0.5, 0.6) is 0 Å². The highest BCUT2D eigenvalue weighted by molar-refractivity contribution is 6.31. The van der Waals surface area contributed by atoms with Crippen LogP contribution in [0.4, 0.5) is 0 Å². The van der Waals surface area contributed by atoms with Crippen molar-refractivity contribution in [2.24, 2.45) is 12.8 Å². The van der Waals surface area contributed by atoms with Crippen molar-refractivity contribution in [1.29, 1.82) is 0 Å². The average Bonchev–Trinajstić information content (AvgIpc) is 2.30. The van der Waals surface area contributed by atoms with Crippen LogP contribution in [0.15, 0.2) is 6.20 Å². The zero-order valence-electron chi connectivity index (χ0n) is 6.16. The van der Waals surface area contributed by atoms with Gasteiger partial charge >= 0.3 is 0 Å². The molecule has 0 bridgehead atoms. The lowest BCUT2D eigenvalue weighted by atomic mass is 10.2. The molecule has 1 atom stereocenters. The van der Waals surface area contributed by atoms with Gasteiger partial charge in [-0.2, -0.15) is 5.10 Å². The Hall–Kier alpha value is -0.580. The van der Waals surface area contributed by atoms with Gasteiger partial charge in [0.25, 0.3) is 0 Å². The number of aliphatic hydroxyl groups is 1. The molecule has 0 aromatic carbocycles. The summed E-state index contributed by atoms with van der Waals surface area (Å²) in [5.41, 5.74) is 5.82. The molecule has 0 fully saturated rings. The molecule has 1 heterocycles. The molecule has 1 unspecified atom stereocenters. The van der Waals surface area contributed by atoms with E-state index in [1.54, 1.807) is 7.05 Å². The maximum Gasteiger partial charge on any atom is 0.109 e. The zero-order chi connectivity index (χ0) is 8.43. The Morgan fingerprint density at radius 1 is 1.91 bits per heavy atom. The van der Waals surface area contributed by atoms with Gasteiger partial charge in [0.15, 0.2) is 0 Å². The van der Waals surface area contributed by atoms with Crippen molar-refractivity contribution in [3.8, 4) is 0 Å². The van der Waals surface area contributed by atoms with Crippen LogP contribution in [0.3, 0.4) is 0 Å². The first kappa shape index (κ1) is 8.52. The highest BCUT2D eigenvalue weighted by Crippen LogP contribution is 2.20. The van der Waals surface area contributed by atoms with Gasteiger partial charge in [0.1, 0.15) is 6.10 Å². The predicted octanol–water partition coefficient (Wildman–Crippen LogP) is 0.0656. The van der Waals surface area contributed by atoms with Crippen LogP contribution in [0.1, 0.15) is 11.8 Å². The van der Waals surface area contributed by atoms with E-state index >= 15 is 0 Å². The molecule has 0 saturated carbocycles. The van der Waals surface area contributed by atoms with Crippen LogP contribution >= 0.6 is 11.6 Å². The number of hydrogen-bond acceptors (Lipinski definition) is 3. The highest BCUT2D eigenvalue weighted by Gasteiger charge is 2.13. The number of aromatic nitrogens is 2. The van der Waals surface area contributed by atoms with E-state index in [1.807, 2.05) is 0 Å². The van der Waals surface area contributed by atoms with Crippen molar-refractivity contribution in [2.75, 3.05) is 6.54 Å². The summed E-state index contributed by atoms with van der Waals surface area (Å²) in [4.78, 5) is 0. The minimum atomic E-state index is -0.727. The lowest BCUT2D eigenvalue weighted by Crippen LogP contribution is -2.15. The highest BCUT2D eigenvalue weighted by atomic mass is 35.5. The van der Waals surface area contributed by atoms with Crippen molar-refractivity contribution in [2.45, 2.75) is 6.10 Å². The van der Waals surface area contributed by atoms with Crippen molar-refractivity contribution in [3.63, 3.8) is 0 Å². The summed E-state index contributed by atoms with van der Waals surface area (Å²) >= 11 is 5.72. The quantitative estimate of drug-likeness (QED) is 0.669. The molecule has 3 N–H and O–H groups in total. The first-order valence-electron chi connectivity index (χ1n) is 3.22. The number of rotatable bonds is 2. The standard InChI is InChI=1S/C6H10ClN3O/c1-10-6(5(11)2-8)4(7)3-9-10/h3,5,11H,2,8H2,1H3. The smallest absolute Gasteiger partial charge is 0.109 e. The normalized spacial score (nSPS) is 13.5. The summed E-state index contributed by atoms with van der Waals surface area (Å²) in [7, 11) is 1.71. The first-order chi connectivity index (χ1) is 5.16. The molecule has 0 amide bonds. The second-order valence-corrected chi connectivity index (χ2v) is 2.66. The fraction of sp³-hybridized carbons (Fsp3) is 0.500. The van der Waals surface area contributed by atoms with Crippen LogP contribution in [0.2, 0.25) is 5.02 Å². The number of aliphatic hydroxyl groups excluding tert-OH is 1. The Morgan fingerprint density at radius 2 is 2.55 bits per heavy atom. The van der Waals surface area contributed by atoms with Gasteiger partial charge in [-0.1, -0.05) is 11.6 Å². The largest absolute Gasteiger partial charge is 0.385 e. The number of aryl methyl sites for hydroxylation is 1. The average molecular weight is 176 g/mol. The Bertz CT molecular complexity index is 228. The predicted molar refractivity (Wildman–Crippen MR) is 42.2 cm³/mol. The molecule has 0 aliphatic rings. The number of nitrogens with zero attached hydrogens (tertiary/aromatic N) is 2. The van der Waals surface area contributed by atoms with E-state index < -0.39 is 6.10 Å². The van der Waals surface area contributed by atoms with Crippen LogP contribution < -0.4 is 5.73 Å². The lowest BCUT2D eigenvalue weighted by Gasteiger charge is -2.07. The molecule has 4 nitrogen and oxygen atoms in total. The second-order valence-electron chi connectivity index (χ2n) is 2.25. The molecule has 0 spiro atoms. The maximum absolute atomic E-state index is 9.31. The Balaban J connectivity index is 3.00. The molecule has 0 aliphatic heterocycles. The van der Waals surface area contributed by atoms with Crippen LogP contribution in [0, 0.1) is 0 Å². The third-order valence-corrected chi connectivity index (χ3v) is 1.77. The van der Waals surface area contributed by atoms with Crippen LogP contribution in [-0.4, -0.2) is 21.4 Å². The Morgan fingerprint density at radius 3 is 2.91 bits per heavy atom. The molecule has 5 heteroatoms. The van der Waals surface area contributed by atoms with Crippen molar-refractivity contribution in [3.05, 3.63) is 16.9 Å². The van der Waals surface area contributed by atoms with E-state index in [0.29, 0.717) is 10.7 Å². The molecule has 1 rings (SSSR count). The molecule has 62 valence electrons. The van der Waals surface area contributed by atoms with Crippen LogP contribution in [0.25, 0.3) is 0 Å². The van der Waals surface area contributed by atoms with Gasteiger partial charge in [-0.15, -0.1) is 0 Å². The summed E-state index contributed by atoms with van der Waals surface area (Å²) in [5, 5.41) is 13.6. The Labute approximate surface area is 69.6 Å². The summed E-state index contributed by atoms with van der Waals surface area (Å²) in [6.07, 6.45) is 0.755. The summed E-state index contributed by atoms with van der Waals surface area (Å²) < 4.78 is 1.51. The summed E-state index contributed by atoms with van der Waals surface area (Å²) in [6.45, 7) is 0.152.